The van der Waals surface area contributed by atoms with Crippen LogP contribution in [0.1, 0.15) is 29.0 Å². The van der Waals surface area contributed by atoms with Gasteiger partial charge in [-0.25, -0.2) is 12.8 Å². The second kappa shape index (κ2) is 6.48. The quantitative estimate of drug-likeness (QED) is 0.513. The molecule has 152 valence electrons. The minimum absolute atomic E-state index is 0.00821. The number of carbonyl (C=O) groups is 1. The Morgan fingerprint density at radius 3 is 2.37 bits per heavy atom. The average Bonchev–Trinajstić information content (AvgIpc) is 3.33. The number of benzene rings is 3. The van der Waals surface area contributed by atoms with Gasteiger partial charge in [-0.1, -0.05) is 42.5 Å². The lowest BCUT2D eigenvalue weighted by Gasteiger charge is -2.16. The van der Waals surface area contributed by atoms with Crippen LogP contribution in [0.2, 0.25) is 0 Å². The lowest BCUT2D eigenvalue weighted by molar-refractivity contribution is -0.140. The molecule has 0 radical (unpaired) electrons. The van der Waals surface area contributed by atoms with E-state index < -0.39 is 27.4 Å². The maximum absolute atomic E-state index is 13.5. The number of carboxylic acids is 1. The van der Waals surface area contributed by atoms with Crippen molar-refractivity contribution in [1.29, 1.82) is 0 Å². The van der Waals surface area contributed by atoms with Crippen molar-refractivity contribution in [3.05, 3.63) is 89.2 Å². The molecule has 7 heteroatoms. The molecule has 0 aromatic heterocycles. The highest BCUT2D eigenvalue weighted by Crippen LogP contribution is 2.52. The summed E-state index contributed by atoms with van der Waals surface area (Å²) in [5, 5.41) is 9.78. The summed E-state index contributed by atoms with van der Waals surface area (Å²) in [6, 6.07) is 18.3. The van der Waals surface area contributed by atoms with Crippen molar-refractivity contribution in [2.75, 3.05) is 0 Å². The lowest BCUT2D eigenvalue weighted by atomic mass is 10.1. The van der Waals surface area contributed by atoms with Gasteiger partial charge in [-0.05, 0) is 64.9 Å². The summed E-state index contributed by atoms with van der Waals surface area (Å²) in [5.41, 5.74) is 2.57. The normalized spacial score (nSPS) is 21.7. The maximum Gasteiger partial charge on any atom is 0.325 e. The van der Waals surface area contributed by atoms with E-state index in [1.165, 1.54) is 18.2 Å². The monoisotopic (exact) mass is 423 g/mol. The van der Waals surface area contributed by atoms with Gasteiger partial charge in [0.1, 0.15) is 11.4 Å². The third-order valence-corrected chi connectivity index (χ3v) is 7.49. The molecule has 3 aromatic carbocycles. The predicted molar refractivity (Wildman–Crippen MR) is 109 cm³/mol. The highest BCUT2D eigenvalue weighted by atomic mass is 32.2. The number of carboxylic acid groups (broad SMARTS) is 1. The SMILES string of the molecule is O=C(O)[C@@]1(NS(=O)(=O)c2ccc3c(c2)Cc2cc(F)ccc2-3)C[C@@H]1c1ccccc1. The van der Waals surface area contributed by atoms with Crippen LogP contribution in [-0.2, 0) is 21.2 Å². The van der Waals surface area contributed by atoms with Crippen molar-refractivity contribution < 1.29 is 22.7 Å². The minimum Gasteiger partial charge on any atom is -0.480 e. The van der Waals surface area contributed by atoms with Crippen LogP contribution in [-0.4, -0.2) is 25.0 Å². The van der Waals surface area contributed by atoms with Crippen molar-refractivity contribution in [2.24, 2.45) is 0 Å². The van der Waals surface area contributed by atoms with Crippen LogP contribution in [0.5, 0.6) is 0 Å². The fourth-order valence-corrected chi connectivity index (χ4v) is 5.82. The fourth-order valence-electron chi connectivity index (χ4n) is 4.37. The summed E-state index contributed by atoms with van der Waals surface area (Å²) >= 11 is 0. The van der Waals surface area contributed by atoms with Gasteiger partial charge in [-0.2, -0.15) is 4.72 Å². The second-order valence-corrected chi connectivity index (χ2v) is 9.53. The van der Waals surface area contributed by atoms with Crippen LogP contribution in [0, 0.1) is 5.82 Å². The smallest absolute Gasteiger partial charge is 0.325 e. The van der Waals surface area contributed by atoms with Gasteiger partial charge in [0.2, 0.25) is 10.0 Å². The van der Waals surface area contributed by atoms with Gasteiger partial charge in [-0.3, -0.25) is 4.79 Å². The van der Waals surface area contributed by atoms with Crippen LogP contribution in [0.4, 0.5) is 4.39 Å². The molecule has 0 amide bonds. The summed E-state index contributed by atoms with van der Waals surface area (Å²) in [6.07, 6.45) is 0.629. The second-order valence-electron chi connectivity index (χ2n) is 7.85. The number of hydrogen-bond acceptors (Lipinski definition) is 3. The van der Waals surface area contributed by atoms with Crippen LogP contribution < -0.4 is 4.72 Å². The molecule has 2 aliphatic carbocycles. The maximum atomic E-state index is 13.5. The van der Waals surface area contributed by atoms with E-state index in [4.69, 9.17) is 0 Å². The molecule has 5 rings (SSSR count). The number of nitrogens with one attached hydrogen (secondary N) is 1. The molecule has 2 atom stereocenters. The van der Waals surface area contributed by atoms with Crippen molar-refractivity contribution in [3.8, 4) is 11.1 Å². The topological polar surface area (TPSA) is 83.5 Å². The van der Waals surface area contributed by atoms with Gasteiger partial charge in [0.25, 0.3) is 0 Å². The first-order chi connectivity index (χ1) is 14.3. The van der Waals surface area contributed by atoms with Crippen molar-refractivity contribution in [2.45, 2.75) is 29.2 Å². The standard InChI is InChI=1S/C23H18FNO4S/c24-17-6-8-19-15(11-17)10-16-12-18(7-9-20(16)19)30(28,29)25-23(22(26)27)13-21(23)14-4-2-1-3-5-14/h1-9,11-12,21,25H,10,13H2,(H,26,27)/t21-,23-/m1/s1. The van der Waals surface area contributed by atoms with Gasteiger partial charge in [-0.15, -0.1) is 0 Å². The zero-order chi connectivity index (χ0) is 21.1. The van der Waals surface area contributed by atoms with Gasteiger partial charge < -0.3 is 5.11 Å². The van der Waals surface area contributed by atoms with E-state index in [1.54, 1.807) is 42.5 Å². The first-order valence-corrected chi connectivity index (χ1v) is 11.0. The van der Waals surface area contributed by atoms with E-state index in [9.17, 15) is 22.7 Å². The molecule has 5 nitrogen and oxygen atoms in total. The molecule has 0 spiro atoms. The number of hydrogen-bond donors (Lipinski definition) is 2. The Kier molecular flexibility index (Phi) is 4.10. The van der Waals surface area contributed by atoms with Crippen molar-refractivity contribution in [3.63, 3.8) is 0 Å². The molecular formula is C23H18FNO4S. The Balaban J connectivity index is 1.46. The average molecular weight is 423 g/mol. The summed E-state index contributed by atoms with van der Waals surface area (Å²) in [6.45, 7) is 0. The molecule has 0 bridgehead atoms. The van der Waals surface area contributed by atoms with E-state index in [-0.39, 0.29) is 17.1 Å². The summed E-state index contributed by atoms with van der Waals surface area (Å²) in [4.78, 5) is 12.0. The number of halogens is 1. The van der Waals surface area contributed by atoms with Gasteiger partial charge in [0, 0.05) is 5.92 Å². The Morgan fingerprint density at radius 1 is 1.00 bits per heavy atom. The Bertz CT molecular complexity index is 1290. The van der Waals surface area contributed by atoms with E-state index in [2.05, 4.69) is 4.72 Å². The van der Waals surface area contributed by atoms with Crippen LogP contribution in [0.15, 0.2) is 71.6 Å². The zero-order valence-corrected chi connectivity index (χ0v) is 16.6. The van der Waals surface area contributed by atoms with E-state index >= 15 is 0 Å². The molecule has 0 saturated heterocycles. The summed E-state index contributed by atoms with van der Waals surface area (Å²) < 4.78 is 42.1. The molecule has 1 fully saturated rings. The Labute approximate surface area is 173 Å². The Morgan fingerprint density at radius 2 is 1.67 bits per heavy atom. The van der Waals surface area contributed by atoms with Gasteiger partial charge >= 0.3 is 5.97 Å². The summed E-state index contributed by atoms with van der Waals surface area (Å²) in [7, 11) is -4.06. The minimum atomic E-state index is -4.06. The zero-order valence-electron chi connectivity index (χ0n) is 15.8. The number of fused-ring (bicyclic) bond motifs is 3. The number of sulfonamides is 1. The predicted octanol–water partition coefficient (Wildman–Crippen LogP) is 3.69. The molecule has 0 unspecified atom stereocenters. The summed E-state index contributed by atoms with van der Waals surface area (Å²) in [5.74, 6) is -1.95. The first-order valence-electron chi connectivity index (χ1n) is 9.54. The number of aliphatic carboxylic acids is 1. The van der Waals surface area contributed by atoms with Crippen molar-refractivity contribution in [1.82, 2.24) is 4.72 Å². The molecule has 0 heterocycles. The van der Waals surface area contributed by atoms with Crippen LogP contribution in [0.3, 0.4) is 0 Å². The highest BCUT2D eigenvalue weighted by molar-refractivity contribution is 7.89. The third kappa shape index (κ3) is 2.93. The number of rotatable bonds is 5. The molecule has 30 heavy (non-hydrogen) atoms. The van der Waals surface area contributed by atoms with Crippen LogP contribution in [0.25, 0.3) is 11.1 Å². The van der Waals surface area contributed by atoms with Gasteiger partial charge in [0.05, 0.1) is 4.90 Å². The van der Waals surface area contributed by atoms with Gasteiger partial charge in [0.15, 0.2) is 0 Å². The lowest BCUT2D eigenvalue weighted by Crippen LogP contribution is -2.44. The van der Waals surface area contributed by atoms with E-state index in [1.807, 2.05) is 6.07 Å². The third-order valence-electron chi connectivity index (χ3n) is 5.99. The molecule has 2 aliphatic rings. The first kappa shape index (κ1) is 19.0. The Hall–Kier alpha value is -3.03. The molecular weight excluding hydrogens is 405 g/mol. The van der Waals surface area contributed by atoms with E-state index in [0.29, 0.717) is 6.42 Å². The van der Waals surface area contributed by atoms with Crippen molar-refractivity contribution >= 4 is 16.0 Å². The molecule has 3 aromatic rings. The fraction of sp³-hybridized carbons (Fsp3) is 0.174. The largest absolute Gasteiger partial charge is 0.480 e. The van der Waals surface area contributed by atoms with Crippen LogP contribution >= 0.6 is 0 Å². The van der Waals surface area contributed by atoms with E-state index in [0.717, 1.165) is 27.8 Å². The molecule has 2 N–H and O–H groups in total. The highest BCUT2D eigenvalue weighted by Gasteiger charge is 2.63. The molecule has 0 aliphatic heterocycles. The molecule has 1 saturated carbocycles.